The maximum Gasteiger partial charge on any atom is 0.341 e. The maximum absolute atomic E-state index is 16.1. The molecule has 3 saturated heterocycles. The molecular formula is C58H60F2N4O18. The van der Waals surface area contributed by atoms with Crippen LogP contribution in [-0.2, 0) is 61.6 Å². The second-order valence-corrected chi connectivity index (χ2v) is 24.9. The Balaban J connectivity index is 0.715. The molecule has 7 N–H and O–H groups in total. The molecule has 3 aromatic carbocycles. The highest BCUT2D eigenvalue weighted by Gasteiger charge is 2.94. The number of rotatable bonds is 10. The van der Waals surface area contributed by atoms with Crippen molar-refractivity contribution in [2.45, 2.75) is 146 Å². The van der Waals surface area contributed by atoms with Crippen LogP contribution in [0.2, 0.25) is 0 Å². The van der Waals surface area contributed by atoms with Crippen LogP contribution in [0.4, 0.5) is 8.78 Å². The summed E-state index contributed by atoms with van der Waals surface area (Å²) in [5.74, 6) is -15.8. The molecule has 82 heavy (non-hydrogen) atoms. The number of carbonyl (C=O) groups excluding carboxylic acids is 5. The lowest BCUT2D eigenvalue weighted by molar-refractivity contribution is -0.279. The first-order valence-electron chi connectivity index (χ1n) is 27.7. The smallest absolute Gasteiger partial charge is 0.341 e. The predicted octanol–water partition coefficient (Wildman–Crippen LogP) is 2.60. The van der Waals surface area contributed by atoms with E-state index in [9.17, 15) is 59.0 Å². The van der Waals surface area contributed by atoms with Gasteiger partial charge in [-0.3, -0.25) is 19.1 Å². The van der Waals surface area contributed by atoms with Crippen molar-refractivity contribution in [2.24, 2.45) is 57.7 Å². The standard InChI is InChI=1S/C58H60F2N4O18/c1-21-39-42(54(5)55(6,75)52(74)82-58(54)50(21)80-58)45(70)40-38-41(47(77-23(3)66)49(72)56(39,40)22(2)65)53(4)29(16-36-46(79-36)48(53)71)43(44(38)69)61-37(68)12-9-13-64-19-24(62-63-64)20-76-35-18-34-28(15-31(35)60)57(26-11-8-7-10-25(26)51(73)81-57)27-14-30(59)32(67)17-33(27)78-34/h7-8,10-11,14-15,17-19,21,29,36,38-50,67,69-72,75H,9,12-13,16,20H2,1-6H3,(H,61,68)/t21-,29?,36-,38-,39-,40+,41+,42-,43-,44+,45+,46-,47-,48-,49-,50+,53-,54-,55+,56+,57?,58-/m0/s1. The van der Waals surface area contributed by atoms with Crippen molar-refractivity contribution in [3.8, 4) is 23.0 Å². The number of amides is 1. The Labute approximate surface area is 465 Å². The van der Waals surface area contributed by atoms with Gasteiger partial charge < -0.3 is 69.1 Å². The molecule has 5 aliphatic heterocycles. The van der Waals surface area contributed by atoms with Gasteiger partial charge in [-0.05, 0) is 69.6 Å². The number of phenols is 1. The second kappa shape index (κ2) is 17.2. The molecule has 22 atom stereocenters. The Hall–Kier alpha value is -6.67. The number of aliphatic hydroxyl groups is 5. The third-order valence-corrected chi connectivity index (χ3v) is 21.5. The number of hydrogen-bond donors (Lipinski definition) is 7. The monoisotopic (exact) mass is 1140 g/mol. The van der Waals surface area contributed by atoms with Crippen LogP contribution in [-0.4, -0.2) is 141 Å². The maximum atomic E-state index is 16.1. The molecular weight excluding hydrogens is 1080 g/mol. The molecule has 10 aliphatic rings. The summed E-state index contributed by atoms with van der Waals surface area (Å²) in [6.45, 7) is 8.55. The molecule has 1 amide bonds. The van der Waals surface area contributed by atoms with Gasteiger partial charge in [-0.25, -0.2) is 18.4 Å². The summed E-state index contributed by atoms with van der Waals surface area (Å²) in [4.78, 5) is 69.2. The second-order valence-electron chi connectivity index (χ2n) is 24.9. The van der Waals surface area contributed by atoms with Crippen molar-refractivity contribution in [3.05, 3.63) is 94.3 Å². The molecule has 5 saturated carbocycles. The van der Waals surface area contributed by atoms with E-state index < -0.39 is 177 Å². The van der Waals surface area contributed by atoms with Crippen molar-refractivity contribution in [1.29, 1.82) is 0 Å². The quantitative estimate of drug-likeness (QED) is 0.0682. The SMILES string of the molecule is CC(=O)O[C@H]1[C@H]2[C@@H]([C@@H](O)[C@@H](NC(=O)CCCn3cc(COc4cc5c(cc4F)C4(OC(=O)c6ccccc64)c4cc(F)c(O)cc4O5)nn3)C3C[C@@H]4O[C@@H]4[C@H](O)[C@@]32C)[C@@H]2[C@@H](O)[C@@H]3[C@H]([C@H](C)[C@H]4O[C@]45OC(=O)[C@@](C)(O)[C@]35C)[C@@]2(C(C)=O)[C@H]1O. The van der Waals surface area contributed by atoms with E-state index in [1.807, 2.05) is 0 Å². The summed E-state index contributed by atoms with van der Waals surface area (Å²) in [7, 11) is 0. The molecule has 6 heterocycles. The highest BCUT2D eigenvalue weighted by Crippen LogP contribution is 2.81. The number of halogens is 2. The molecule has 4 aromatic rings. The Morgan fingerprint density at radius 2 is 1.61 bits per heavy atom. The molecule has 14 rings (SSSR count). The van der Waals surface area contributed by atoms with E-state index in [0.29, 0.717) is 5.56 Å². The largest absolute Gasteiger partial charge is 0.505 e. The summed E-state index contributed by atoms with van der Waals surface area (Å²) in [6.07, 6.45) is -8.15. The molecule has 434 valence electrons. The van der Waals surface area contributed by atoms with Crippen molar-refractivity contribution >= 4 is 29.6 Å². The highest BCUT2D eigenvalue weighted by atomic mass is 19.1. The van der Waals surface area contributed by atoms with Crippen LogP contribution in [0.1, 0.15) is 93.5 Å². The molecule has 2 unspecified atom stereocenters. The third kappa shape index (κ3) is 6.48. The minimum absolute atomic E-state index is 0.0000563. The fraction of sp³-hybridized carbons (Fsp3) is 0.569. The summed E-state index contributed by atoms with van der Waals surface area (Å²) < 4.78 is 74.5. The number of nitrogens with one attached hydrogen (secondary N) is 1. The topological polar surface area (TPSA) is 321 Å². The van der Waals surface area contributed by atoms with Crippen molar-refractivity contribution in [2.75, 3.05) is 0 Å². The minimum Gasteiger partial charge on any atom is -0.505 e. The van der Waals surface area contributed by atoms with Crippen LogP contribution >= 0.6 is 0 Å². The summed E-state index contributed by atoms with van der Waals surface area (Å²) in [5.41, 5.74) is -8.40. The Morgan fingerprint density at radius 3 is 2.34 bits per heavy atom. The number of benzene rings is 3. The van der Waals surface area contributed by atoms with Gasteiger partial charge in [0.2, 0.25) is 11.7 Å². The Kier molecular flexibility index (Phi) is 11.2. The van der Waals surface area contributed by atoms with Crippen molar-refractivity contribution in [3.63, 3.8) is 0 Å². The number of aryl methyl sites for hydroxylation is 1. The van der Waals surface area contributed by atoms with E-state index in [2.05, 4.69) is 15.6 Å². The number of nitrogens with zero attached hydrogens (tertiary/aromatic N) is 3. The van der Waals surface area contributed by atoms with Gasteiger partial charge >= 0.3 is 17.9 Å². The number of hydrogen-bond acceptors (Lipinski definition) is 20. The van der Waals surface area contributed by atoms with Gasteiger partial charge in [0.25, 0.3) is 0 Å². The number of ketones is 1. The first-order valence-corrected chi connectivity index (χ1v) is 27.7. The Bertz CT molecular complexity index is 3490. The van der Waals surface area contributed by atoms with E-state index in [1.54, 1.807) is 39.0 Å². The van der Waals surface area contributed by atoms with Gasteiger partial charge in [0.05, 0.1) is 64.2 Å². The lowest BCUT2D eigenvalue weighted by Gasteiger charge is -2.67. The molecule has 2 spiro atoms. The highest BCUT2D eigenvalue weighted by molar-refractivity contribution is 5.97. The number of Topliss-reactive ketones (excluding diaryl/α,β-unsaturated/α-hetero) is 1. The summed E-state index contributed by atoms with van der Waals surface area (Å²) >= 11 is 0. The zero-order valence-corrected chi connectivity index (χ0v) is 45.1. The van der Waals surface area contributed by atoms with E-state index in [1.165, 1.54) is 36.9 Å². The van der Waals surface area contributed by atoms with Crippen LogP contribution in [0.3, 0.4) is 0 Å². The van der Waals surface area contributed by atoms with E-state index in [4.69, 9.17) is 33.2 Å². The number of epoxide rings is 2. The average Bonchev–Trinajstić information content (AvgIpc) is 1.45. The number of aromatic nitrogens is 3. The third-order valence-electron chi connectivity index (χ3n) is 21.5. The van der Waals surface area contributed by atoms with Crippen LogP contribution < -0.4 is 14.8 Å². The zero-order chi connectivity index (χ0) is 58.0. The number of ether oxygens (including phenoxy) is 7. The average molecular weight is 1140 g/mol. The molecule has 22 nitrogen and oxygen atoms in total. The van der Waals surface area contributed by atoms with E-state index in [0.717, 1.165) is 25.1 Å². The van der Waals surface area contributed by atoms with E-state index >= 15 is 4.39 Å². The summed E-state index contributed by atoms with van der Waals surface area (Å²) in [5, 5.41) is 85.5. The number of aromatic hydroxyl groups is 1. The first-order chi connectivity index (χ1) is 38.8. The number of aliphatic hydroxyl groups excluding tert-OH is 4. The van der Waals surface area contributed by atoms with Crippen LogP contribution in [0.25, 0.3) is 0 Å². The molecule has 5 aliphatic carbocycles. The fourth-order valence-corrected chi connectivity index (χ4v) is 18.0. The van der Waals surface area contributed by atoms with Crippen LogP contribution in [0.15, 0.2) is 54.7 Å². The lowest BCUT2D eigenvalue weighted by atomic mass is 9.39. The fourth-order valence-electron chi connectivity index (χ4n) is 18.0. The predicted molar refractivity (Wildman–Crippen MR) is 268 cm³/mol. The van der Waals surface area contributed by atoms with Gasteiger partial charge in [0.1, 0.15) is 54.0 Å². The molecule has 0 bridgehead atoms. The van der Waals surface area contributed by atoms with Gasteiger partial charge in [0, 0.05) is 66.7 Å². The van der Waals surface area contributed by atoms with E-state index in [-0.39, 0.29) is 72.0 Å². The van der Waals surface area contributed by atoms with Gasteiger partial charge in [-0.2, -0.15) is 0 Å². The zero-order valence-electron chi connectivity index (χ0n) is 45.1. The van der Waals surface area contributed by atoms with Gasteiger partial charge in [-0.15, -0.1) is 5.10 Å². The van der Waals surface area contributed by atoms with Gasteiger partial charge in [0.15, 0.2) is 34.3 Å². The molecule has 24 heteroatoms. The first kappa shape index (κ1) is 53.3. The van der Waals surface area contributed by atoms with Gasteiger partial charge in [-0.1, -0.05) is 37.3 Å². The number of phenolic OH excluding ortho intramolecular Hbond substituents is 1. The summed E-state index contributed by atoms with van der Waals surface area (Å²) in [6, 6.07) is 9.59. The molecule has 0 radical (unpaired) electrons. The number of fused-ring (bicyclic) bond motifs is 15. The molecule has 1 aromatic heterocycles. The lowest BCUT2D eigenvalue weighted by Crippen LogP contribution is -2.77. The van der Waals surface area contributed by atoms with Crippen LogP contribution in [0, 0.1) is 69.3 Å². The number of esters is 3. The normalized spacial score (nSPS) is 43.3. The number of carbonyl (C=O) groups is 5. The Morgan fingerprint density at radius 1 is 0.890 bits per heavy atom. The molecule has 8 fully saturated rings. The van der Waals surface area contributed by atoms with Crippen molar-refractivity contribution in [1.82, 2.24) is 20.3 Å². The minimum atomic E-state index is -2.27. The van der Waals surface area contributed by atoms with Crippen molar-refractivity contribution < 1.29 is 96.6 Å². The van der Waals surface area contributed by atoms with Crippen LogP contribution in [0.5, 0.6) is 23.0 Å².